The largest absolute Gasteiger partial charge is 0.179 e. The van der Waals surface area contributed by atoms with E-state index < -0.39 is 0 Å². The predicted octanol–water partition coefficient (Wildman–Crippen LogP) is 2.82. The zero-order valence-corrected chi connectivity index (χ0v) is 11.4. The molecular formula is C10H24SSi. The van der Waals surface area contributed by atoms with Crippen molar-refractivity contribution >= 4 is 22.9 Å². The van der Waals surface area contributed by atoms with Crippen LogP contribution in [0.15, 0.2) is 0 Å². The molecule has 0 aliphatic rings. The van der Waals surface area contributed by atoms with Gasteiger partial charge in [-0.15, -0.1) is 0 Å². The highest BCUT2D eigenvalue weighted by Crippen LogP contribution is 2.09. The molecule has 12 heavy (non-hydrogen) atoms. The van der Waals surface area contributed by atoms with Crippen LogP contribution in [0.1, 0.15) is 51.4 Å². The van der Waals surface area contributed by atoms with Crippen LogP contribution >= 0.6 is 12.6 Å². The fourth-order valence-electron chi connectivity index (χ4n) is 1.42. The Bertz CT molecular complexity index is 66.2. The van der Waals surface area contributed by atoms with E-state index in [0.717, 1.165) is 5.75 Å². The van der Waals surface area contributed by atoms with Gasteiger partial charge in [-0.1, -0.05) is 51.0 Å². The van der Waals surface area contributed by atoms with Gasteiger partial charge in [-0.05, 0) is 12.2 Å². The molecule has 0 aromatic heterocycles. The Morgan fingerprint density at radius 1 is 0.667 bits per heavy atom. The van der Waals surface area contributed by atoms with Gasteiger partial charge in [0.2, 0.25) is 0 Å². The molecule has 0 aliphatic carbocycles. The van der Waals surface area contributed by atoms with Crippen LogP contribution in [0.5, 0.6) is 0 Å². The molecule has 0 fully saturated rings. The lowest BCUT2D eigenvalue weighted by Crippen LogP contribution is -1.81. The maximum absolute atomic E-state index is 4.20. The summed E-state index contributed by atoms with van der Waals surface area (Å²) in [6, 6.07) is 1.50. The van der Waals surface area contributed by atoms with E-state index in [0.29, 0.717) is 0 Å². The molecule has 0 amide bonds. The number of unbranched alkanes of at least 4 members (excludes halogenated alkanes) is 7. The molecule has 0 rings (SSSR count). The summed E-state index contributed by atoms with van der Waals surface area (Å²) >= 11 is 4.20. The van der Waals surface area contributed by atoms with Crippen molar-refractivity contribution < 1.29 is 0 Å². The Labute approximate surface area is 86.3 Å². The van der Waals surface area contributed by atoms with E-state index in [-0.39, 0.29) is 0 Å². The number of rotatable bonds is 9. The molecule has 0 radical (unpaired) electrons. The molecule has 0 unspecified atom stereocenters. The Balaban J connectivity index is 2.73. The van der Waals surface area contributed by atoms with Gasteiger partial charge >= 0.3 is 0 Å². The van der Waals surface area contributed by atoms with Crippen molar-refractivity contribution in [3.8, 4) is 0 Å². The van der Waals surface area contributed by atoms with E-state index in [1.165, 1.54) is 67.7 Å². The van der Waals surface area contributed by atoms with Crippen molar-refractivity contribution in [1.29, 1.82) is 0 Å². The minimum absolute atomic E-state index is 1.07. The lowest BCUT2D eigenvalue weighted by Gasteiger charge is -1.99. The van der Waals surface area contributed by atoms with Gasteiger partial charge in [0.25, 0.3) is 0 Å². The maximum Gasteiger partial charge on any atom is 0.00279 e. The van der Waals surface area contributed by atoms with Crippen molar-refractivity contribution in [3.05, 3.63) is 0 Å². The van der Waals surface area contributed by atoms with Crippen molar-refractivity contribution in [2.24, 2.45) is 0 Å². The normalized spacial score (nSPS) is 10.8. The molecule has 0 heterocycles. The third-order valence-electron chi connectivity index (χ3n) is 2.26. The van der Waals surface area contributed by atoms with Gasteiger partial charge in [0.1, 0.15) is 0 Å². The third kappa shape index (κ3) is 10.6. The second-order valence-corrected chi connectivity index (χ2v) is 5.00. The topological polar surface area (TPSA) is 0 Å². The van der Waals surface area contributed by atoms with Crippen LogP contribution in [0, 0.1) is 0 Å². The van der Waals surface area contributed by atoms with Gasteiger partial charge in [-0.2, -0.15) is 12.6 Å². The first-order valence-electron chi connectivity index (χ1n) is 5.52. The quantitative estimate of drug-likeness (QED) is 0.333. The molecule has 0 aromatic carbocycles. The zero-order chi connectivity index (χ0) is 9.07. The summed E-state index contributed by atoms with van der Waals surface area (Å²) in [5.41, 5.74) is 0. The number of hydrogen-bond donors (Lipinski definition) is 1. The minimum atomic E-state index is 1.07. The van der Waals surface area contributed by atoms with Crippen molar-refractivity contribution in [2.45, 2.75) is 57.4 Å². The smallest absolute Gasteiger partial charge is 0.00279 e. The molecule has 0 aromatic rings. The molecule has 0 aliphatic heterocycles. The van der Waals surface area contributed by atoms with Gasteiger partial charge in [-0.25, -0.2) is 0 Å². The Morgan fingerprint density at radius 3 is 1.50 bits per heavy atom. The lowest BCUT2D eigenvalue weighted by atomic mass is 10.1. The van der Waals surface area contributed by atoms with Crippen LogP contribution in [0.4, 0.5) is 0 Å². The summed E-state index contributed by atoms with van der Waals surface area (Å²) < 4.78 is 0. The standard InChI is InChI=1S/C10H24SSi/c11-9-7-5-3-1-2-4-6-8-10-12/h11H,1-10H2,12H3. The highest BCUT2D eigenvalue weighted by molar-refractivity contribution is 7.80. The number of thiol groups is 1. The van der Waals surface area contributed by atoms with E-state index in [2.05, 4.69) is 12.6 Å². The second kappa shape index (κ2) is 11.6. The maximum atomic E-state index is 4.20. The van der Waals surface area contributed by atoms with Crippen LogP contribution in [-0.4, -0.2) is 16.0 Å². The first-order valence-corrected chi connectivity index (χ1v) is 7.57. The van der Waals surface area contributed by atoms with E-state index >= 15 is 0 Å². The summed E-state index contributed by atoms with van der Waals surface area (Å²) in [7, 11) is 1.40. The monoisotopic (exact) mass is 204 g/mol. The zero-order valence-electron chi connectivity index (χ0n) is 8.52. The van der Waals surface area contributed by atoms with Crippen molar-refractivity contribution in [1.82, 2.24) is 0 Å². The van der Waals surface area contributed by atoms with Crippen molar-refractivity contribution in [3.63, 3.8) is 0 Å². The number of hydrogen-bond acceptors (Lipinski definition) is 1. The summed E-state index contributed by atoms with van der Waals surface area (Å²) in [5, 5.41) is 0. The minimum Gasteiger partial charge on any atom is -0.179 e. The van der Waals surface area contributed by atoms with E-state index in [1.54, 1.807) is 0 Å². The summed E-state index contributed by atoms with van der Waals surface area (Å²) in [5.74, 6) is 1.07. The average Bonchev–Trinajstić information content (AvgIpc) is 2.10. The summed E-state index contributed by atoms with van der Waals surface area (Å²) in [4.78, 5) is 0. The summed E-state index contributed by atoms with van der Waals surface area (Å²) in [6.07, 6.45) is 11.5. The molecule has 0 saturated carbocycles. The molecule has 0 atom stereocenters. The van der Waals surface area contributed by atoms with Crippen molar-refractivity contribution in [2.75, 3.05) is 5.75 Å². The molecule has 74 valence electrons. The second-order valence-electron chi connectivity index (χ2n) is 3.55. The van der Waals surface area contributed by atoms with Gasteiger partial charge < -0.3 is 0 Å². The Morgan fingerprint density at radius 2 is 1.08 bits per heavy atom. The van der Waals surface area contributed by atoms with E-state index in [4.69, 9.17) is 0 Å². The Hall–Kier alpha value is 0.567. The van der Waals surface area contributed by atoms with Crippen LogP contribution in [-0.2, 0) is 0 Å². The van der Waals surface area contributed by atoms with Gasteiger partial charge in [0.05, 0.1) is 0 Å². The molecule has 2 heteroatoms. The van der Waals surface area contributed by atoms with Gasteiger partial charge in [-0.3, -0.25) is 0 Å². The highest BCUT2D eigenvalue weighted by atomic mass is 32.1. The SMILES string of the molecule is [SiH3]CCCCCCCCCCS. The average molecular weight is 204 g/mol. The predicted molar refractivity (Wildman–Crippen MR) is 65.5 cm³/mol. The van der Waals surface area contributed by atoms with Crippen LogP contribution in [0.3, 0.4) is 0 Å². The van der Waals surface area contributed by atoms with E-state index in [9.17, 15) is 0 Å². The van der Waals surface area contributed by atoms with E-state index in [1.807, 2.05) is 0 Å². The fourth-order valence-corrected chi connectivity index (χ4v) is 2.15. The lowest BCUT2D eigenvalue weighted by molar-refractivity contribution is 0.586. The Kier molecular flexibility index (Phi) is 12.1. The molecule has 0 spiro atoms. The summed E-state index contributed by atoms with van der Waals surface area (Å²) in [6.45, 7) is 0. The highest BCUT2D eigenvalue weighted by Gasteiger charge is 1.90. The van der Waals surface area contributed by atoms with Gasteiger partial charge in [0, 0.05) is 10.2 Å². The molecule has 0 bridgehead atoms. The first-order chi connectivity index (χ1) is 5.91. The first kappa shape index (κ1) is 12.6. The molecular weight excluding hydrogens is 180 g/mol. The van der Waals surface area contributed by atoms with Gasteiger partial charge in [0.15, 0.2) is 0 Å². The molecule has 0 nitrogen and oxygen atoms in total. The molecule has 0 N–H and O–H groups in total. The fraction of sp³-hybridized carbons (Fsp3) is 1.00. The van der Waals surface area contributed by atoms with Crippen LogP contribution in [0.25, 0.3) is 0 Å². The van der Waals surface area contributed by atoms with Crippen LogP contribution in [0.2, 0.25) is 6.04 Å². The third-order valence-corrected chi connectivity index (χ3v) is 3.29. The molecule has 0 saturated heterocycles. The van der Waals surface area contributed by atoms with Crippen LogP contribution < -0.4 is 0 Å².